The SMILES string of the molecule is CCCCCC.FC(F)(F)CC(F)(F)F. The molecule has 0 amide bonds. The molecule has 0 aromatic rings. The van der Waals surface area contributed by atoms with Gasteiger partial charge in [0.1, 0.15) is 6.42 Å². The predicted octanol–water partition coefficient (Wildman–Crippen LogP) is 5.09. The molecular formula is C9H16F6. The summed E-state index contributed by atoms with van der Waals surface area (Å²) in [5.41, 5.74) is 0. The molecule has 0 rings (SSSR count). The first-order valence-corrected chi connectivity index (χ1v) is 4.76. The maximum Gasteiger partial charge on any atom is 0.397 e. The maximum absolute atomic E-state index is 10.8. The summed E-state index contributed by atoms with van der Waals surface area (Å²) in [5, 5.41) is 0. The van der Waals surface area contributed by atoms with Crippen LogP contribution in [-0.4, -0.2) is 12.4 Å². The quantitative estimate of drug-likeness (QED) is 0.474. The van der Waals surface area contributed by atoms with Gasteiger partial charge < -0.3 is 0 Å². The van der Waals surface area contributed by atoms with Crippen LogP contribution in [0, 0.1) is 0 Å². The molecule has 0 atom stereocenters. The molecule has 0 spiro atoms. The second kappa shape index (κ2) is 7.82. The number of hydrogen-bond acceptors (Lipinski definition) is 0. The van der Waals surface area contributed by atoms with Gasteiger partial charge in [-0.05, 0) is 0 Å². The molecule has 0 heterocycles. The van der Waals surface area contributed by atoms with Gasteiger partial charge in [0.15, 0.2) is 0 Å². The zero-order valence-electron chi connectivity index (χ0n) is 8.80. The second-order valence-electron chi connectivity index (χ2n) is 3.11. The Balaban J connectivity index is 0. The van der Waals surface area contributed by atoms with Gasteiger partial charge >= 0.3 is 12.4 Å². The van der Waals surface area contributed by atoms with Gasteiger partial charge in [0.25, 0.3) is 0 Å². The third-order valence-electron chi connectivity index (χ3n) is 1.36. The van der Waals surface area contributed by atoms with Crippen molar-refractivity contribution >= 4 is 0 Å². The third kappa shape index (κ3) is 24.7. The van der Waals surface area contributed by atoms with Gasteiger partial charge in [-0.25, -0.2) is 0 Å². The van der Waals surface area contributed by atoms with Gasteiger partial charge in [0, 0.05) is 0 Å². The summed E-state index contributed by atoms with van der Waals surface area (Å²) in [6.07, 6.45) is -7.45. The monoisotopic (exact) mass is 238 g/mol. The fraction of sp³-hybridized carbons (Fsp3) is 1.00. The van der Waals surface area contributed by atoms with E-state index in [1.807, 2.05) is 0 Å². The highest BCUT2D eigenvalue weighted by molar-refractivity contribution is 4.57. The van der Waals surface area contributed by atoms with Crippen molar-refractivity contribution in [1.29, 1.82) is 0 Å². The number of halogens is 6. The van der Waals surface area contributed by atoms with Crippen LogP contribution in [0.15, 0.2) is 0 Å². The molecule has 0 aromatic carbocycles. The van der Waals surface area contributed by atoms with Crippen molar-refractivity contribution < 1.29 is 26.3 Å². The van der Waals surface area contributed by atoms with Crippen molar-refractivity contribution in [1.82, 2.24) is 0 Å². The summed E-state index contributed by atoms with van der Waals surface area (Å²) in [4.78, 5) is 0. The van der Waals surface area contributed by atoms with Crippen LogP contribution in [0.5, 0.6) is 0 Å². The van der Waals surface area contributed by atoms with Gasteiger partial charge in [-0.1, -0.05) is 39.5 Å². The molecule has 0 aliphatic heterocycles. The zero-order valence-corrected chi connectivity index (χ0v) is 8.80. The lowest BCUT2D eigenvalue weighted by Gasteiger charge is -2.08. The van der Waals surface area contributed by atoms with E-state index < -0.39 is 18.8 Å². The highest BCUT2D eigenvalue weighted by atomic mass is 19.4. The molecule has 0 nitrogen and oxygen atoms in total. The predicted molar refractivity (Wildman–Crippen MR) is 46.5 cm³/mol. The molecule has 0 aliphatic carbocycles. The number of hydrogen-bond donors (Lipinski definition) is 0. The summed E-state index contributed by atoms with van der Waals surface area (Å²) >= 11 is 0. The first kappa shape index (κ1) is 17.0. The first-order valence-electron chi connectivity index (χ1n) is 4.76. The van der Waals surface area contributed by atoms with E-state index in [0.717, 1.165) is 0 Å². The van der Waals surface area contributed by atoms with Gasteiger partial charge in [0.2, 0.25) is 0 Å². The molecule has 0 N–H and O–H groups in total. The van der Waals surface area contributed by atoms with E-state index in [2.05, 4.69) is 13.8 Å². The Morgan fingerprint density at radius 1 is 0.667 bits per heavy atom. The molecule has 0 radical (unpaired) electrons. The Morgan fingerprint density at radius 3 is 1.00 bits per heavy atom. The van der Waals surface area contributed by atoms with E-state index in [-0.39, 0.29) is 0 Å². The highest BCUT2D eigenvalue weighted by Gasteiger charge is 2.43. The zero-order chi connectivity index (χ0) is 12.5. The summed E-state index contributed by atoms with van der Waals surface area (Å²) in [7, 11) is 0. The molecule has 15 heavy (non-hydrogen) atoms. The van der Waals surface area contributed by atoms with Crippen molar-refractivity contribution in [2.75, 3.05) is 0 Å². The van der Waals surface area contributed by atoms with Crippen LogP contribution < -0.4 is 0 Å². The average Bonchev–Trinajstić information content (AvgIpc) is 1.94. The fourth-order valence-electron chi connectivity index (χ4n) is 0.727. The summed E-state index contributed by atoms with van der Waals surface area (Å²) in [5.74, 6) is 0. The Kier molecular flexibility index (Phi) is 8.86. The van der Waals surface area contributed by atoms with Gasteiger partial charge in [-0.15, -0.1) is 0 Å². The molecule has 0 unspecified atom stereocenters. The summed E-state index contributed by atoms with van der Waals surface area (Å²) in [6.45, 7) is 4.46. The van der Waals surface area contributed by atoms with E-state index in [4.69, 9.17) is 0 Å². The van der Waals surface area contributed by atoms with Crippen molar-refractivity contribution in [3.63, 3.8) is 0 Å². The van der Waals surface area contributed by atoms with Crippen molar-refractivity contribution in [2.24, 2.45) is 0 Å². The van der Waals surface area contributed by atoms with Gasteiger partial charge in [0.05, 0.1) is 0 Å². The second-order valence-corrected chi connectivity index (χ2v) is 3.11. The lowest BCUT2D eigenvalue weighted by Crippen LogP contribution is -2.20. The van der Waals surface area contributed by atoms with Gasteiger partial charge in [-0.2, -0.15) is 26.3 Å². The molecule has 0 saturated heterocycles. The minimum atomic E-state index is -5.14. The van der Waals surface area contributed by atoms with Crippen LogP contribution in [0.2, 0.25) is 0 Å². The topological polar surface area (TPSA) is 0 Å². The van der Waals surface area contributed by atoms with E-state index in [1.165, 1.54) is 25.7 Å². The molecule has 0 aliphatic rings. The fourth-order valence-corrected chi connectivity index (χ4v) is 0.727. The Bertz CT molecular complexity index is 119. The minimum Gasteiger partial charge on any atom is -0.171 e. The molecule has 0 bridgehead atoms. The number of rotatable bonds is 3. The first-order chi connectivity index (χ1) is 6.62. The highest BCUT2D eigenvalue weighted by Crippen LogP contribution is 2.31. The van der Waals surface area contributed by atoms with E-state index in [1.54, 1.807) is 0 Å². The Morgan fingerprint density at radius 2 is 0.933 bits per heavy atom. The normalized spacial score (nSPS) is 12.0. The molecule has 0 saturated carbocycles. The Labute approximate surface area is 85.7 Å². The van der Waals surface area contributed by atoms with Crippen molar-refractivity contribution in [3.05, 3.63) is 0 Å². The lowest BCUT2D eigenvalue weighted by molar-refractivity contribution is -0.232. The van der Waals surface area contributed by atoms with E-state index in [0.29, 0.717) is 0 Å². The van der Waals surface area contributed by atoms with Crippen molar-refractivity contribution in [2.45, 2.75) is 58.3 Å². The largest absolute Gasteiger partial charge is 0.397 e. The van der Waals surface area contributed by atoms with Crippen molar-refractivity contribution in [3.8, 4) is 0 Å². The van der Waals surface area contributed by atoms with Crippen LogP contribution in [0.25, 0.3) is 0 Å². The molecule has 0 aromatic heterocycles. The smallest absolute Gasteiger partial charge is 0.171 e. The van der Waals surface area contributed by atoms with Crippen LogP contribution in [0.3, 0.4) is 0 Å². The standard InChI is InChI=1S/C6H14.C3H2F6/c1-3-5-6-4-2;4-2(5,6)1-3(7,8)9/h3-6H2,1-2H3;1H2. The van der Waals surface area contributed by atoms with E-state index >= 15 is 0 Å². The number of alkyl halides is 6. The molecule has 0 fully saturated rings. The van der Waals surface area contributed by atoms with Crippen LogP contribution in [0.4, 0.5) is 26.3 Å². The lowest BCUT2D eigenvalue weighted by atomic mass is 10.2. The Hall–Kier alpha value is -0.420. The molecule has 6 heteroatoms. The van der Waals surface area contributed by atoms with E-state index in [9.17, 15) is 26.3 Å². The third-order valence-corrected chi connectivity index (χ3v) is 1.36. The average molecular weight is 238 g/mol. The molecular weight excluding hydrogens is 222 g/mol. The maximum atomic E-state index is 10.8. The summed E-state index contributed by atoms with van der Waals surface area (Å²) in [6, 6.07) is 0. The summed E-state index contributed by atoms with van der Waals surface area (Å²) < 4.78 is 65.0. The van der Waals surface area contributed by atoms with Crippen LogP contribution >= 0.6 is 0 Å². The van der Waals surface area contributed by atoms with Gasteiger partial charge in [-0.3, -0.25) is 0 Å². The molecule has 94 valence electrons. The number of unbranched alkanes of at least 4 members (excludes halogenated alkanes) is 3. The van der Waals surface area contributed by atoms with Crippen LogP contribution in [0.1, 0.15) is 46.0 Å². The minimum absolute atomic E-state index is 1.36. The van der Waals surface area contributed by atoms with Crippen LogP contribution in [-0.2, 0) is 0 Å².